The van der Waals surface area contributed by atoms with Crippen LogP contribution in [0.4, 0.5) is 4.39 Å². The number of hydrogen-bond acceptors (Lipinski definition) is 4. The van der Waals surface area contributed by atoms with Gasteiger partial charge in [-0.05, 0) is 36.4 Å². The Balaban J connectivity index is 2.24. The van der Waals surface area contributed by atoms with Gasteiger partial charge >= 0.3 is 0 Å². The van der Waals surface area contributed by atoms with Gasteiger partial charge in [-0.15, -0.1) is 0 Å². The molecule has 2 aromatic carbocycles. The third-order valence-corrected chi connectivity index (χ3v) is 5.16. The van der Waals surface area contributed by atoms with Crippen LogP contribution in [0.5, 0.6) is 5.75 Å². The fraction of sp³-hybridized carbons (Fsp3) is 0.188. The van der Waals surface area contributed by atoms with Gasteiger partial charge in [-0.1, -0.05) is 6.07 Å². The second-order valence-electron chi connectivity index (χ2n) is 4.85. The molecule has 0 aliphatic carbocycles. The highest BCUT2D eigenvalue weighted by molar-refractivity contribution is 7.89. The summed E-state index contributed by atoms with van der Waals surface area (Å²) in [6, 6.07) is 11.7. The highest BCUT2D eigenvalue weighted by atomic mass is 32.2. The molecule has 0 spiro atoms. The first-order valence-corrected chi connectivity index (χ1v) is 8.11. The molecule has 0 amide bonds. The summed E-state index contributed by atoms with van der Waals surface area (Å²) < 4.78 is 44.9. The molecule has 0 radical (unpaired) electrons. The van der Waals surface area contributed by atoms with E-state index >= 15 is 0 Å². The van der Waals surface area contributed by atoms with Gasteiger partial charge in [-0.25, -0.2) is 12.8 Å². The number of rotatable bonds is 5. The average Bonchev–Trinajstić information content (AvgIpc) is 2.56. The summed E-state index contributed by atoms with van der Waals surface area (Å²) in [6.07, 6.45) is 0. The highest BCUT2D eigenvalue weighted by Gasteiger charge is 2.22. The van der Waals surface area contributed by atoms with Gasteiger partial charge in [-0.3, -0.25) is 0 Å². The van der Waals surface area contributed by atoms with E-state index in [1.165, 1.54) is 38.4 Å². The standard InChI is InChI=1S/C16H15FN2O3S/c1-19(11-13-4-3-12(10-18)9-16(13)17)23(20,21)15-7-5-14(22-2)6-8-15/h3-9H,11H2,1-2H3. The largest absolute Gasteiger partial charge is 0.497 e. The van der Waals surface area contributed by atoms with Crippen LogP contribution >= 0.6 is 0 Å². The minimum absolute atomic E-state index is 0.0925. The van der Waals surface area contributed by atoms with Gasteiger partial charge in [0.05, 0.1) is 23.6 Å². The molecule has 0 aliphatic heterocycles. The molecule has 0 saturated heterocycles. The van der Waals surface area contributed by atoms with Gasteiger partial charge in [0.15, 0.2) is 0 Å². The number of hydrogen-bond donors (Lipinski definition) is 0. The first kappa shape index (κ1) is 16.9. The molecule has 0 aliphatic rings. The highest BCUT2D eigenvalue weighted by Crippen LogP contribution is 2.21. The fourth-order valence-electron chi connectivity index (χ4n) is 2.00. The van der Waals surface area contributed by atoms with E-state index in [-0.39, 0.29) is 22.6 Å². The van der Waals surface area contributed by atoms with E-state index in [0.717, 1.165) is 10.4 Å². The number of benzene rings is 2. The Kier molecular flexibility index (Phi) is 4.98. The lowest BCUT2D eigenvalue weighted by atomic mass is 10.1. The van der Waals surface area contributed by atoms with Gasteiger partial charge < -0.3 is 4.74 Å². The molecule has 0 aromatic heterocycles. The van der Waals surface area contributed by atoms with Crippen LogP contribution in [0.2, 0.25) is 0 Å². The first-order valence-electron chi connectivity index (χ1n) is 6.67. The number of nitrogens with zero attached hydrogens (tertiary/aromatic N) is 2. The lowest BCUT2D eigenvalue weighted by molar-refractivity contribution is 0.414. The fourth-order valence-corrected chi connectivity index (χ4v) is 3.15. The van der Waals surface area contributed by atoms with Crippen molar-refractivity contribution in [3.05, 3.63) is 59.4 Å². The molecule has 23 heavy (non-hydrogen) atoms. The minimum atomic E-state index is -3.75. The van der Waals surface area contributed by atoms with Crippen molar-refractivity contribution in [1.29, 1.82) is 5.26 Å². The van der Waals surface area contributed by atoms with Crippen molar-refractivity contribution >= 4 is 10.0 Å². The Bertz CT molecular complexity index is 843. The summed E-state index contributed by atoms with van der Waals surface area (Å²) in [7, 11) is -0.887. The smallest absolute Gasteiger partial charge is 0.243 e. The Morgan fingerprint density at radius 1 is 1.22 bits per heavy atom. The van der Waals surface area contributed by atoms with Crippen molar-refractivity contribution in [2.24, 2.45) is 0 Å². The zero-order valence-corrected chi connectivity index (χ0v) is 13.5. The second kappa shape index (κ2) is 6.77. The average molecular weight is 334 g/mol. The van der Waals surface area contributed by atoms with E-state index in [9.17, 15) is 12.8 Å². The summed E-state index contributed by atoms with van der Waals surface area (Å²) >= 11 is 0. The summed E-state index contributed by atoms with van der Waals surface area (Å²) in [6.45, 7) is -0.133. The van der Waals surface area contributed by atoms with Crippen molar-refractivity contribution in [2.75, 3.05) is 14.2 Å². The summed E-state index contributed by atoms with van der Waals surface area (Å²) in [4.78, 5) is 0.0925. The Labute approximate surface area is 134 Å². The monoisotopic (exact) mass is 334 g/mol. The first-order chi connectivity index (χ1) is 10.9. The molecule has 5 nitrogen and oxygen atoms in total. The summed E-state index contributed by atoms with van der Waals surface area (Å²) in [5.74, 6) is -0.0643. The van der Waals surface area contributed by atoms with Gasteiger partial charge in [0, 0.05) is 19.2 Å². The lowest BCUT2D eigenvalue weighted by Crippen LogP contribution is -2.26. The molecule has 0 N–H and O–H groups in total. The zero-order valence-electron chi connectivity index (χ0n) is 12.7. The molecule has 0 bridgehead atoms. The van der Waals surface area contributed by atoms with E-state index in [0.29, 0.717) is 5.75 Å². The van der Waals surface area contributed by atoms with E-state index in [2.05, 4.69) is 0 Å². The molecule has 0 fully saturated rings. The lowest BCUT2D eigenvalue weighted by Gasteiger charge is -2.18. The molecule has 0 heterocycles. The number of ether oxygens (including phenoxy) is 1. The predicted octanol–water partition coefficient (Wildman–Crippen LogP) is 2.53. The van der Waals surface area contributed by atoms with Crippen LogP contribution in [0.25, 0.3) is 0 Å². The van der Waals surface area contributed by atoms with Crippen molar-refractivity contribution in [2.45, 2.75) is 11.4 Å². The molecular weight excluding hydrogens is 319 g/mol. The Hall–Kier alpha value is -2.43. The number of methoxy groups -OCH3 is 1. The van der Waals surface area contributed by atoms with Crippen molar-refractivity contribution in [3.8, 4) is 11.8 Å². The van der Waals surface area contributed by atoms with Crippen molar-refractivity contribution < 1.29 is 17.5 Å². The van der Waals surface area contributed by atoms with E-state index < -0.39 is 15.8 Å². The second-order valence-corrected chi connectivity index (χ2v) is 6.90. The van der Waals surface area contributed by atoms with E-state index in [1.54, 1.807) is 12.1 Å². The third-order valence-electron chi connectivity index (χ3n) is 3.34. The maximum atomic E-state index is 13.9. The van der Waals surface area contributed by atoms with Crippen molar-refractivity contribution in [3.63, 3.8) is 0 Å². The molecule has 0 saturated carbocycles. The molecule has 7 heteroatoms. The van der Waals surface area contributed by atoms with Gasteiger partial charge in [0.25, 0.3) is 0 Å². The van der Waals surface area contributed by atoms with Gasteiger partial charge in [0.2, 0.25) is 10.0 Å². The third kappa shape index (κ3) is 3.67. The Morgan fingerprint density at radius 3 is 2.39 bits per heavy atom. The van der Waals surface area contributed by atoms with Crippen LogP contribution in [0.15, 0.2) is 47.4 Å². The minimum Gasteiger partial charge on any atom is -0.497 e. The topological polar surface area (TPSA) is 70.4 Å². The van der Waals surface area contributed by atoms with Crippen LogP contribution in [0.1, 0.15) is 11.1 Å². The van der Waals surface area contributed by atoms with Crippen LogP contribution in [-0.4, -0.2) is 26.9 Å². The molecule has 0 atom stereocenters. The van der Waals surface area contributed by atoms with Gasteiger partial charge in [-0.2, -0.15) is 9.57 Å². The molecular formula is C16H15FN2O3S. The van der Waals surface area contributed by atoms with Crippen LogP contribution < -0.4 is 4.74 Å². The quantitative estimate of drug-likeness (QED) is 0.842. The maximum Gasteiger partial charge on any atom is 0.243 e. The zero-order chi connectivity index (χ0) is 17.0. The van der Waals surface area contributed by atoms with Crippen LogP contribution in [0, 0.1) is 17.1 Å². The predicted molar refractivity (Wildman–Crippen MR) is 82.8 cm³/mol. The molecule has 2 aromatic rings. The molecule has 0 unspecified atom stereocenters. The number of nitriles is 1. The van der Waals surface area contributed by atoms with E-state index in [1.807, 2.05) is 6.07 Å². The van der Waals surface area contributed by atoms with Gasteiger partial charge in [0.1, 0.15) is 11.6 Å². The number of halogens is 1. The van der Waals surface area contributed by atoms with Crippen LogP contribution in [0.3, 0.4) is 0 Å². The van der Waals surface area contributed by atoms with E-state index in [4.69, 9.17) is 10.00 Å². The molecule has 2 rings (SSSR count). The molecule has 120 valence electrons. The SMILES string of the molecule is COc1ccc(S(=O)(=O)N(C)Cc2ccc(C#N)cc2F)cc1. The van der Waals surface area contributed by atoms with Crippen LogP contribution in [-0.2, 0) is 16.6 Å². The Morgan fingerprint density at radius 2 is 1.87 bits per heavy atom. The summed E-state index contributed by atoms with van der Waals surface area (Å²) in [5, 5.41) is 8.72. The van der Waals surface area contributed by atoms with Crippen molar-refractivity contribution in [1.82, 2.24) is 4.31 Å². The summed E-state index contributed by atoms with van der Waals surface area (Å²) in [5.41, 5.74) is 0.385. The number of sulfonamides is 1. The maximum absolute atomic E-state index is 13.9. The normalized spacial score (nSPS) is 11.3.